The van der Waals surface area contributed by atoms with E-state index >= 15 is 0 Å². The van der Waals surface area contributed by atoms with Gasteiger partial charge in [-0.15, -0.1) is 11.3 Å². The number of esters is 1. The van der Waals surface area contributed by atoms with Gasteiger partial charge in [-0.2, -0.15) is 0 Å². The van der Waals surface area contributed by atoms with E-state index in [2.05, 4.69) is 0 Å². The molecule has 0 aliphatic heterocycles. The summed E-state index contributed by atoms with van der Waals surface area (Å²) in [5.74, 6) is -1.50. The summed E-state index contributed by atoms with van der Waals surface area (Å²) in [6, 6.07) is 9.87. The summed E-state index contributed by atoms with van der Waals surface area (Å²) in [5.41, 5.74) is 1.72. The molecule has 0 spiro atoms. The Morgan fingerprint density at radius 3 is 2.72 bits per heavy atom. The first-order chi connectivity index (χ1) is 12.0. The van der Waals surface area contributed by atoms with Crippen LogP contribution in [0.1, 0.15) is 23.3 Å². The van der Waals surface area contributed by atoms with E-state index < -0.39 is 22.9 Å². The SMILES string of the molecule is CCOC(=O)C(C(c1cccs1)c1cn(C)c2ccccc12)[N+](=O)[O-]. The fraction of sp³-hybridized carbons (Fsp3) is 0.278. The highest BCUT2D eigenvalue weighted by Crippen LogP contribution is 2.37. The Labute approximate surface area is 148 Å². The van der Waals surface area contributed by atoms with Crippen molar-refractivity contribution >= 4 is 28.2 Å². The van der Waals surface area contributed by atoms with E-state index in [0.717, 1.165) is 21.3 Å². The first-order valence-corrected chi connectivity index (χ1v) is 8.80. The van der Waals surface area contributed by atoms with E-state index in [0.29, 0.717) is 0 Å². The maximum atomic E-state index is 12.4. The van der Waals surface area contributed by atoms with Gasteiger partial charge in [0.2, 0.25) is 0 Å². The topological polar surface area (TPSA) is 74.4 Å². The molecule has 2 atom stereocenters. The fourth-order valence-corrected chi connectivity index (χ4v) is 4.01. The van der Waals surface area contributed by atoms with Gasteiger partial charge in [0.1, 0.15) is 0 Å². The number of aromatic nitrogens is 1. The van der Waals surface area contributed by atoms with Crippen LogP contribution in [0.5, 0.6) is 0 Å². The standard InChI is InChI=1S/C18H18N2O4S/c1-3-24-18(21)17(20(22)23)16(15-9-6-10-25-15)13-11-19(2)14-8-5-4-7-12(13)14/h4-11,16-17H,3H2,1-2H3. The van der Waals surface area contributed by atoms with Crippen LogP contribution in [0, 0.1) is 10.1 Å². The van der Waals surface area contributed by atoms with Gasteiger partial charge in [0.25, 0.3) is 0 Å². The van der Waals surface area contributed by atoms with Crippen LogP contribution in [0.2, 0.25) is 0 Å². The molecule has 0 fully saturated rings. The normalized spacial score (nSPS) is 13.5. The van der Waals surface area contributed by atoms with E-state index in [1.165, 1.54) is 11.3 Å². The number of rotatable bonds is 6. The summed E-state index contributed by atoms with van der Waals surface area (Å²) in [6.07, 6.45) is 1.87. The molecule has 0 amide bonds. The second kappa shape index (κ2) is 7.06. The van der Waals surface area contributed by atoms with Crippen LogP contribution in [0.15, 0.2) is 48.0 Å². The number of thiophene rings is 1. The van der Waals surface area contributed by atoms with Crippen LogP contribution in [-0.4, -0.2) is 28.1 Å². The van der Waals surface area contributed by atoms with Gasteiger partial charge in [-0.05, 0) is 30.0 Å². The van der Waals surface area contributed by atoms with Crippen molar-refractivity contribution in [2.24, 2.45) is 7.05 Å². The Morgan fingerprint density at radius 1 is 1.32 bits per heavy atom. The zero-order valence-corrected chi connectivity index (χ0v) is 14.7. The van der Waals surface area contributed by atoms with E-state index in [4.69, 9.17) is 4.74 Å². The van der Waals surface area contributed by atoms with Crippen LogP contribution in [0.4, 0.5) is 0 Å². The molecule has 3 rings (SSSR count). The van der Waals surface area contributed by atoms with Crippen molar-refractivity contribution in [3.05, 3.63) is 68.5 Å². The van der Waals surface area contributed by atoms with E-state index in [-0.39, 0.29) is 6.61 Å². The number of nitrogens with zero attached hydrogens (tertiary/aromatic N) is 2. The molecule has 0 saturated heterocycles. The molecule has 2 heterocycles. The molecule has 25 heavy (non-hydrogen) atoms. The molecule has 2 unspecified atom stereocenters. The Kier molecular flexibility index (Phi) is 4.85. The third kappa shape index (κ3) is 3.15. The van der Waals surface area contributed by atoms with Gasteiger partial charge >= 0.3 is 12.0 Å². The molecule has 0 aliphatic rings. The quantitative estimate of drug-likeness (QED) is 0.383. The predicted molar refractivity (Wildman–Crippen MR) is 96.5 cm³/mol. The molecule has 3 aromatic rings. The van der Waals surface area contributed by atoms with E-state index in [9.17, 15) is 14.9 Å². The molecular formula is C18H18N2O4S. The summed E-state index contributed by atoms with van der Waals surface area (Å²) < 4.78 is 6.93. The Balaban J connectivity index is 2.21. The number of hydrogen-bond acceptors (Lipinski definition) is 5. The largest absolute Gasteiger partial charge is 0.461 e. The van der Waals surface area contributed by atoms with Crippen LogP contribution < -0.4 is 0 Å². The number of ether oxygens (including phenoxy) is 1. The number of nitro groups is 1. The fourth-order valence-electron chi connectivity index (χ4n) is 3.14. The number of para-hydroxylation sites is 1. The predicted octanol–water partition coefficient (Wildman–Crippen LogP) is 3.58. The molecule has 0 radical (unpaired) electrons. The van der Waals surface area contributed by atoms with Crippen molar-refractivity contribution in [3.63, 3.8) is 0 Å². The van der Waals surface area contributed by atoms with Gasteiger partial charge < -0.3 is 9.30 Å². The van der Waals surface area contributed by atoms with Gasteiger partial charge in [0, 0.05) is 33.9 Å². The number of aryl methyl sites for hydroxylation is 1. The molecule has 0 N–H and O–H groups in total. The molecule has 0 aliphatic carbocycles. The van der Waals surface area contributed by atoms with Gasteiger partial charge in [-0.3, -0.25) is 10.1 Å². The first kappa shape index (κ1) is 17.2. The third-order valence-electron chi connectivity index (χ3n) is 4.18. The highest BCUT2D eigenvalue weighted by molar-refractivity contribution is 7.10. The number of carbonyl (C=O) groups excluding carboxylic acids is 1. The molecule has 0 saturated carbocycles. The first-order valence-electron chi connectivity index (χ1n) is 7.92. The smallest absolute Gasteiger partial charge is 0.382 e. The van der Waals surface area contributed by atoms with Crippen molar-refractivity contribution in [1.82, 2.24) is 4.57 Å². The number of benzene rings is 1. The lowest BCUT2D eigenvalue weighted by molar-refractivity contribution is -0.512. The highest BCUT2D eigenvalue weighted by atomic mass is 32.1. The Morgan fingerprint density at radius 2 is 2.08 bits per heavy atom. The monoisotopic (exact) mass is 358 g/mol. The van der Waals surface area contributed by atoms with Gasteiger partial charge in [0.15, 0.2) is 0 Å². The number of hydrogen-bond donors (Lipinski definition) is 0. The molecular weight excluding hydrogens is 340 g/mol. The van der Waals surface area contributed by atoms with E-state index in [1.54, 1.807) is 6.92 Å². The van der Waals surface area contributed by atoms with Crippen LogP contribution in [0.3, 0.4) is 0 Å². The average molecular weight is 358 g/mol. The average Bonchev–Trinajstić information content (AvgIpc) is 3.21. The van der Waals surface area contributed by atoms with E-state index in [1.807, 2.05) is 59.6 Å². The van der Waals surface area contributed by atoms with Crippen LogP contribution in [-0.2, 0) is 16.6 Å². The zero-order chi connectivity index (χ0) is 18.0. The summed E-state index contributed by atoms with van der Waals surface area (Å²) in [7, 11) is 1.89. The van der Waals surface area contributed by atoms with Gasteiger partial charge in [0.05, 0.1) is 12.5 Å². The maximum Gasteiger partial charge on any atom is 0.382 e. The molecule has 2 aromatic heterocycles. The van der Waals surface area contributed by atoms with Crippen molar-refractivity contribution in [2.45, 2.75) is 18.9 Å². The lowest BCUT2D eigenvalue weighted by Crippen LogP contribution is -2.37. The summed E-state index contributed by atoms with van der Waals surface area (Å²) in [5, 5.41) is 14.5. The van der Waals surface area contributed by atoms with Crippen molar-refractivity contribution in [2.75, 3.05) is 6.61 Å². The minimum Gasteiger partial charge on any atom is -0.461 e. The van der Waals surface area contributed by atoms with Crippen molar-refractivity contribution in [3.8, 4) is 0 Å². The van der Waals surface area contributed by atoms with Crippen LogP contribution in [0.25, 0.3) is 10.9 Å². The molecule has 0 bridgehead atoms. The Bertz CT molecular complexity index is 901. The highest BCUT2D eigenvalue weighted by Gasteiger charge is 2.43. The molecule has 1 aromatic carbocycles. The van der Waals surface area contributed by atoms with Crippen LogP contribution >= 0.6 is 11.3 Å². The van der Waals surface area contributed by atoms with Gasteiger partial charge in [-0.1, -0.05) is 24.3 Å². The van der Waals surface area contributed by atoms with Gasteiger partial charge in [-0.25, -0.2) is 4.79 Å². The molecule has 130 valence electrons. The van der Waals surface area contributed by atoms with Crippen molar-refractivity contribution in [1.29, 1.82) is 0 Å². The second-order valence-corrected chi connectivity index (χ2v) is 6.67. The zero-order valence-electron chi connectivity index (χ0n) is 13.9. The lowest BCUT2D eigenvalue weighted by Gasteiger charge is -2.18. The Hall–Kier alpha value is -2.67. The second-order valence-electron chi connectivity index (χ2n) is 5.69. The van der Waals surface area contributed by atoms with Crippen molar-refractivity contribution < 1.29 is 14.5 Å². The summed E-state index contributed by atoms with van der Waals surface area (Å²) >= 11 is 1.40. The molecule has 6 nitrogen and oxygen atoms in total. The number of fused-ring (bicyclic) bond motifs is 1. The lowest BCUT2D eigenvalue weighted by atomic mass is 9.90. The number of carbonyl (C=O) groups is 1. The minimum absolute atomic E-state index is 0.107. The minimum atomic E-state index is -1.48. The summed E-state index contributed by atoms with van der Waals surface area (Å²) in [6.45, 7) is 1.75. The molecule has 7 heteroatoms. The third-order valence-corrected chi connectivity index (χ3v) is 5.14. The maximum absolute atomic E-state index is 12.4. The summed E-state index contributed by atoms with van der Waals surface area (Å²) in [4.78, 5) is 24.4.